The molecular formula is C22H27ClN6O2. The monoisotopic (exact) mass is 442 g/mol. The minimum absolute atomic E-state index is 0.0963. The van der Waals surface area contributed by atoms with E-state index in [0.717, 1.165) is 16.8 Å². The number of hydrogen-bond acceptors (Lipinski definition) is 7. The predicted octanol–water partition coefficient (Wildman–Crippen LogP) is 2.14. The third-order valence-corrected chi connectivity index (χ3v) is 4.88. The number of nitrogens with zero attached hydrogens (tertiary/aromatic N) is 3. The highest BCUT2D eigenvalue weighted by molar-refractivity contribution is 6.30. The molecular weight excluding hydrogens is 416 g/mol. The molecule has 31 heavy (non-hydrogen) atoms. The van der Waals surface area contributed by atoms with Crippen molar-refractivity contribution < 1.29 is 9.63 Å². The number of hydrazone groups is 1. The second kappa shape index (κ2) is 10.9. The molecule has 1 heterocycles. The van der Waals surface area contributed by atoms with Crippen LogP contribution in [-0.4, -0.2) is 54.4 Å². The van der Waals surface area contributed by atoms with Crippen LogP contribution in [0.2, 0.25) is 5.02 Å². The number of nitrogens with one attached hydrogen (secondary N) is 2. The van der Waals surface area contributed by atoms with Gasteiger partial charge in [0.1, 0.15) is 6.67 Å². The molecule has 0 saturated carbocycles. The van der Waals surface area contributed by atoms with E-state index in [1.807, 2.05) is 56.3 Å². The highest BCUT2D eigenvalue weighted by atomic mass is 35.5. The van der Waals surface area contributed by atoms with Gasteiger partial charge in [0, 0.05) is 22.2 Å². The number of hydrogen-bond donors (Lipinski definition) is 3. The van der Waals surface area contributed by atoms with Crippen molar-refractivity contribution in [2.24, 2.45) is 16.0 Å². The highest BCUT2D eigenvalue weighted by Crippen LogP contribution is 2.17. The summed E-state index contributed by atoms with van der Waals surface area (Å²) in [6.07, 6.45) is 0. The number of halogens is 1. The number of aliphatic imine (C=N–C) groups is 1. The summed E-state index contributed by atoms with van der Waals surface area (Å²) in [5, 5.41) is 13.3. The molecule has 2 aromatic carbocycles. The summed E-state index contributed by atoms with van der Waals surface area (Å²) < 4.78 is 0. The van der Waals surface area contributed by atoms with Crippen molar-refractivity contribution >= 4 is 29.1 Å². The third kappa shape index (κ3) is 6.52. The topological polar surface area (TPSA) is 104 Å². The molecule has 0 aromatic heterocycles. The first-order valence-electron chi connectivity index (χ1n) is 10.0. The van der Waals surface area contributed by atoms with E-state index < -0.39 is 0 Å². The van der Waals surface area contributed by atoms with Crippen molar-refractivity contribution in [3.05, 3.63) is 70.7 Å². The normalized spacial score (nSPS) is 16.4. The third-order valence-electron chi connectivity index (χ3n) is 4.63. The Balaban J connectivity index is 1.76. The van der Waals surface area contributed by atoms with Crippen LogP contribution in [0.3, 0.4) is 0 Å². The lowest BCUT2D eigenvalue weighted by Gasteiger charge is -2.17. The average Bonchev–Trinajstić information content (AvgIpc) is 3.16. The minimum atomic E-state index is -0.281. The molecule has 1 unspecified atom stereocenters. The number of benzene rings is 2. The average molecular weight is 443 g/mol. The Labute approximate surface area is 187 Å². The van der Waals surface area contributed by atoms with Gasteiger partial charge in [0.05, 0.1) is 24.8 Å². The Morgan fingerprint density at radius 2 is 1.97 bits per heavy atom. The summed E-state index contributed by atoms with van der Waals surface area (Å²) in [6, 6.07) is 16.7. The van der Waals surface area contributed by atoms with E-state index in [1.54, 1.807) is 17.1 Å². The van der Waals surface area contributed by atoms with Crippen molar-refractivity contribution in [3.63, 3.8) is 0 Å². The Kier molecular flexibility index (Phi) is 8.00. The van der Waals surface area contributed by atoms with Crippen LogP contribution >= 0.6 is 11.6 Å². The van der Waals surface area contributed by atoms with Crippen LogP contribution in [-0.2, 0) is 9.63 Å². The van der Waals surface area contributed by atoms with E-state index >= 15 is 0 Å². The summed E-state index contributed by atoms with van der Waals surface area (Å²) in [5.41, 5.74) is 2.41. The molecule has 2 aromatic rings. The maximum absolute atomic E-state index is 12.4. The maximum Gasteiger partial charge on any atom is 0.242 e. The van der Waals surface area contributed by atoms with Crippen molar-refractivity contribution in [1.82, 2.24) is 15.6 Å². The van der Waals surface area contributed by atoms with E-state index in [9.17, 15) is 4.79 Å². The first-order chi connectivity index (χ1) is 15.0. The van der Waals surface area contributed by atoms with Crippen molar-refractivity contribution in [1.29, 1.82) is 0 Å². The summed E-state index contributed by atoms with van der Waals surface area (Å²) >= 11 is 6.03. The fourth-order valence-electron chi connectivity index (χ4n) is 3.11. The molecule has 1 atom stereocenters. The summed E-state index contributed by atoms with van der Waals surface area (Å²) in [5.74, 6) is 5.63. The molecule has 1 amide bonds. The van der Waals surface area contributed by atoms with Crippen LogP contribution < -0.4 is 16.5 Å². The lowest BCUT2D eigenvalue weighted by molar-refractivity contribution is -0.120. The molecule has 8 nitrogen and oxygen atoms in total. The lowest BCUT2D eigenvalue weighted by Crippen LogP contribution is -2.47. The van der Waals surface area contributed by atoms with Gasteiger partial charge in [0.25, 0.3) is 0 Å². The van der Waals surface area contributed by atoms with Crippen molar-refractivity contribution in [2.75, 3.05) is 19.8 Å². The Morgan fingerprint density at radius 3 is 2.61 bits per heavy atom. The van der Waals surface area contributed by atoms with Crippen molar-refractivity contribution in [2.45, 2.75) is 25.9 Å². The number of nitrogens with two attached hydrogens (primary N) is 1. The van der Waals surface area contributed by atoms with Gasteiger partial charge in [0.15, 0.2) is 0 Å². The molecule has 1 aliphatic heterocycles. The fourth-order valence-corrected chi connectivity index (χ4v) is 3.23. The molecule has 1 aliphatic rings. The summed E-state index contributed by atoms with van der Waals surface area (Å²) in [7, 11) is 0. The molecule has 4 N–H and O–H groups in total. The van der Waals surface area contributed by atoms with Gasteiger partial charge in [0.2, 0.25) is 11.8 Å². The van der Waals surface area contributed by atoms with Gasteiger partial charge in [-0.1, -0.05) is 55.8 Å². The Hall–Kier alpha value is -2.94. The van der Waals surface area contributed by atoms with Gasteiger partial charge >= 0.3 is 0 Å². The Bertz CT molecular complexity index is 931. The first-order valence-corrected chi connectivity index (χ1v) is 10.4. The number of carbonyl (C=O) groups is 1. The first kappa shape index (κ1) is 22.7. The van der Waals surface area contributed by atoms with Crippen LogP contribution in [0.15, 0.2) is 64.7 Å². The predicted molar refractivity (Wildman–Crippen MR) is 123 cm³/mol. The smallest absolute Gasteiger partial charge is 0.242 e. The molecule has 3 rings (SSSR count). The zero-order valence-electron chi connectivity index (χ0n) is 17.6. The van der Waals surface area contributed by atoms with Gasteiger partial charge < -0.3 is 15.5 Å². The summed E-state index contributed by atoms with van der Waals surface area (Å²) in [4.78, 5) is 21.8. The molecule has 0 aliphatic carbocycles. The molecule has 164 valence electrons. The van der Waals surface area contributed by atoms with Crippen LogP contribution in [0.1, 0.15) is 25.0 Å². The zero-order valence-corrected chi connectivity index (χ0v) is 18.3. The van der Waals surface area contributed by atoms with Gasteiger partial charge in [-0.15, -0.1) is 0 Å². The van der Waals surface area contributed by atoms with Crippen LogP contribution in [0.5, 0.6) is 0 Å². The van der Waals surface area contributed by atoms with Gasteiger partial charge in [-0.2, -0.15) is 11.0 Å². The van der Waals surface area contributed by atoms with Crippen LogP contribution in [0.4, 0.5) is 0 Å². The second-order valence-electron chi connectivity index (χ2n) is 7.43. The molecule has 0 radical (unpaired) electrons. The summed E-state index contributed by atoms with van der Waals surface area (Å²) in [6.45, 7) is 4.93. The molecule has 9 heteroatoms. The fraction of sp³-hybridized carbons (Fsp3) is 0.318. The molecule has 0 fully saturated rings. The Morgan fingerprint density at radius 1 is 1.26 bits per heavy atom. The van der Waals surface area contributed by atoms with E-state index in [0.29, 0.717) is 17.5 Å². The second-order valence-corrected chi connectivity index (χ2v) is 7.86. The van der Waals surface area contributed by atoms with Gasteiger partial charge in [-0.3, -0.25) is 9.80 Å². The molecule has 0 spiro atoms. The lowest BCUT2D eigenvalue weighted by atomic mass is 10.0. The SMILES string of the molecule is CC(C)NCC(=O)NC1CN(C/N=C(\ON)c2ccccc2)N=C1c1ccc(Cl)cc1. The number of amides is 1. The molecule has 0 saturated heterocycles. The zero-order chi connectivity index (χ0) is 22.2. The van der Waals surface area contributed by atoms with E-state index in [2.05, 4.69) is 20.7 Å². The highest BCUT2D eigenvalue weighted by Gasteiger charge is 2.29. The maximum atomic E-state index is 12.4. The van der Waals surface area contributed by atoms with E-state index in [-0.39, 0.29) is 31.2 Å². The van der Waals surface area contributed by atoms with Gasteiger partial charge in [-0.05, 0) is 24.3 Å². The largest absolute Gasteiger partial charge is 0.391 e. The number of carbonyl (C=O) groups excluding carboxylic acids is 1. The van der Waals surface area contributed by atoms with Crippen LogP contribution in [0.25, 0.3) is 0 Å². The van der Waals surface area contributed by atoms with Crippen LogP contribution in [0, 0.1) is 0 Å². The van der Waals surface area contributed by atoms with E-state index in [1.165, 1.54) is 0 Å². The molecule has 0 bridgehead atoms. The standard InChI is InChI=1S/C22H27ClN6O2/c1-15(2)25-12-20(30)27-19-13-29(28-21(19)16-8-10-18(23)11-9-16)14-26-22(31-24)17-6-4-3-5-7-17/h3-11,15,19,25H,12-14,24H2,1-2H3,(H,27,30)/b26-22-. The van der Waals surface area contributed by atoms with E-state index in [4.69, 9.17) is 22.3 Å². The minimum Gasteiger partial charge on any atom is -0.391 e. The number of rotatable bonds is 8. The van der Waals surface area contributed by atoms with Crippen molar-refractivity contribution in [3.8, 4) is 0 Å². The van der Waals surface area contributed by atoms with Gasteiger partial charge in [-0.25, -0.2) is 4.99 Å². The quantitative estimate of drug-likeness (QED) is 0.330.